The molecular weight excluding hydrogens is 122 g/mol. The van der Waals surface area contributed by atoms with Gasteiger partial charge in [0, 0.05) is 6.54 Å². The molecule has 0 atom stereocenters. The van der Waals surface area contributed by atoms with Crippen LogP contribution < -0.4 is 0 Å². The van der Waals surface area contributed by atoms with Crippen molar-refractivity contribution >= 4 is 6.72 Å². The maximum Gasteiger partial charge on any atom is 0.0382 e. The summed E-state index contributed by atoms with van der Waals surface area (Å²) in [5.74, 6) is 0. The van der Waals surface area contributed by atoms with Gasteiger partial charge in [0.15, 0.2) is 0 Å². The number of hydrogen-bond acceptors (Lipinski definition) is 1. The lowest BCUT2D eigenvalue weighted by molar-refractivity contribution is 0.437. The van der Waals surface area contributed by atoms with Crippen molar-refractivity contribution in [2.24, 2.45) is 10.4 Å². The Labute approximate surface area is 63.5 Å². The Morgan fingerprint density at radius 3 is 2.60 bits per heavy atom. The van der Waals surface area contributed by atoms with Crippen LogP contribution in [0.4, 0.5) is 0 Å². The van der Waals surface area contributed by atoms with Gasteiger partial charge < -0.3 is 4.99 Å². The first-order valence-corrected chi connectivity index (χ1v) is 4.25. The molecule has 1 nitrogen and oxygen atoms in total. The quantitative estimate of drug-likeness (QED) is 0.410. The van der Waals surface area contributed by atoms with Gasteiger partial charge in [0.2, 0.25) is 0 Å². The molecule has 0 radical (unpaired) electrons. The molecule has 1 fully saturated rings. The van der Waals surface area contributed by atoms with Crippen LogP contribution >= 0.6 is 0 Å². The Bertz CT molecular complexity index is 114. The van der Waals surface area contributed by atoms with Crippen LogP contribution in [0, 0.1) is 5.41 Å². The van der Waals surface area contributed by atoms with E-state index in [0.717, 1.165) is 12.0 Å². The van der Waals surface area contributed by atoms with Crippen molar-refractivity contribution in [3.05, 3.63) is 0 Å². The summed E-state index contributed by atoms with van der Waals surface area (Å²) < 4.78 is 0. The lowest BCUT2D eigenvalue weighted by atomic mass is 9.97. The first-order chi connectivity index (χ1) is 4.83. The van der Waals surface area contributed by atoms with Crippen molar-refractivity contribution in [1.82, 2.24) is 0 Å². The minimum atomic E-state index is 0.755. The molecular formula is C9H17N. The van der Waals surface area contributed by atoms with Gasteiger partial charge in [-0.1, -0.05) is 13.3 Å². The summed E-state index contributed by atoms with van der Waals surface area (Å²) in [6.45, 7) is 6.74. The molecule has 1 heteroatoms. The monoisotopic (exact) mass is 139 g/mol. The third-order valence-corrected chi connectivity index (χ3v) is 2.73. The minimum absolute atomic E-state index is 0.755. The van der Waals surface area contributed by atoms with Gasteiger partial charge in [-0.2, -0.15) is 0 Å². The van der Waals surface area contributed by atoms with E-state index in [2.05, 4.69) is 18.6 Å². The van der Waals surface area contributed by atoms with E-state index in [9.17, 15) is 0 Å². The number of nitrogens with zero attached hydrogens (tertiary/aromatic N) is 1. The van der Waals surface area contributed by atoms with Crippen LogP contribution in [0.3, 0.4) is 0 Å². The van der Waals surface area contributed by atoms with Gasteiger partial charge in [0.25, 0.3) is 0 Å². The van der Waals surface area contributed by atoms with Crippen molar-refractivity contribution in [2.45, 2.75) is 39.0 Å². The van der Waals surface area contributed by atoms with Crippen molar-refractivity contribution in [2.75, 3.05) is 6.54 Å². The van der Waals surface area contributed by atoms with Crippen LogP contribution in [0.15, 0.2) is 4.99 Å². The minimum Gasteiger partial charge on any atom is -0.301 e. The van der Waals surface area contributed by atoms with Gasteiger partial charge in [0.1, 0.15) is 0 Å². The molecule has 58 valence electrons. The molecule has 10 heavy (non-hydrogen) atoms. The van der Waals surface area contributed by atoms with Crippen molar-refractivity contribution in [3.63, 3.8) is 0 Å². The Hall–Kier alpha value is -0.330. The zero-order valence-electron chi connectivity index (χ0n) is 6.90. The van der Waals surface area contributed by atoms with Gasteiger partial charge in [-0.25, -0.2) is 0 Å². The van der Waals surface area contributed by atoms with E-state index in [0.29, 0.717) is 0 Å². The standard InChI is InChI=1S/C9H17N/c1-3-9(6-7-9)5-4-8-10-2/h2-8H2,1H3. The van der Waals surface area contributed by atoms with Gasteiger partial charge in [-0.15, -0.1) is 0 Å². The maximum atomic E-state index is 3.85. The van der Waals surface area contributed by atoms with Crippen molar-refractivity contribution in [1.29, 1.82) is 0 Å². The van der Waals surface area contributed by atoms with E-state index in [1.165, 1.54) is 32.1 Å². The summed E-state index contributed by atoms with van der Waals surface area (Å²) in [4.78, 5) is 3.85. The largest absolute Gasteiger partial charge is 0.301 e. The highest BCUT2D eigenvalue weighted by molar-refractivity contribution is 5.23. The third-order valence-electron chi connectivity index (χ3n) is 2.73. The van der Waals surface area contributed by atoms with Crippen LogP contribution in [0.25, 0.3) is 0 Å². The second kappa shape index (κ2) is 3.18. The Kier molecular flexibility index (Phi) is 2.47. The fourth-order valence-electron chi connectivity index (χ4n) is 1.52. The Morgan fingerprint density at radius 1 is 1.50 bits per heavy atom. The highest BCUT2D eigenvalue weighted by Crippen LogP contribution is 2.52. The molecule has 0 saturated heterocycles. The zero-order valence-corrected chi connectivity index (χ0v) is 6.90. The maximum absolute atomic E-state index is 3.85. The summed E-state index contributed by atoms with van der Waals surface area (Å²) in [5.41, 5.74) is 0.755. The molecule has 0 aliphatic heterocycles. The van der Waals surface area contributed by atoms with Gasteiger partial charge in [-0.05, 0) is 37.8 Å². The molecule has 0 bridgehead atoms. The van der Waals surface area contributed by atoms with Crippen molar-refractivity contribution in [3.8, 4) is 0 Å². The van der Waals surface area contributed by atoms with Crippen LogP contribution in [-0.4, -0.2) is 13.3 Å². The highest BCUT2D eigenvalue weighted by Gasteiger charge is 2.39. The second-order valence-electron chi connectivity index (χ2n) is 3.40. The summed E-state index contributed by atoms with van der Waals surface area (Å²) in [6.07, 6.45) is 6.91. The predicted molar refractivity (Wildman–Crippen MR) is 45.6 cm³/mol. The van der Waals surface area contributed by atoms with Crippen LogP contribution in [0.1, 0.15) is 39.0 Å². The predicted octanol–water partition coefficient (Wildman–Crippen LogP) is 2.66. The molecule has 1 saturated carbocycles. The van der Waals surface area contributed by atoms with E-state index in [1.807, 2.05) is 0 Å². The van der Waals surface area contributed by atoms with Crippen LogP contribution in [0.5, 0.6) is 0 Å². The molecule has 0 spiro atoms. The molecule has 0 unspecified atom stereocenters. The van der Waals surface area contributed by atoms with E-state index in [4.69, 9.17) is 0 Å². The summed E-state index contributed by atoms with van der Waals surface area (Å²) in [6, 6.07) is 0. The SMILES string of the molecule is C=NCCCC1(CC)CC1. The average Bonchev–Trinajstić information content (AvgIpc) is 2.70. The number of aliphatic imine (C=N–C) groups is 1. The molecule has 0 amide bonds. The fourth-order valence-corrected chi connectivity index (χ4v) is 1.52. The Balaban J connectivity index is 2.06. The summed E-state index contributed by atoms with van der Waals surface area (Å²) >= 11 is 0. The molecule has 0 N–H and O–H groups in total. The van der Waals surface area contributed by atoms with Crippen LogP contribution in [0.2, 0.25) is 0 Å². The smallest absolute Gasteiger partial charge is 0.0382 e. The lowest BCUT2D eigenvalue weighted by Gasteiger charge is -2.09. The molecule has 0 aromatic heterocycles. The first-order valence-electron chi connectivity index (χ1n) is 4.25. The van der Waals surface area contributed by atoms with Gasteiger partial charge in [-0.3, -0.25) is 0 Å². The number of rotatable bonds is 5. The first kappa shape index (κ1) is 7.77. The molecule has 1 aliphatic carbocycles. The normalized spacial score (nSPS) is 20.5. The van der Waals surface area contributed by atoms with E-state index in [-0.39, 0.29) is 0 Å². The lowest BCUT2D eigenvalue weighted by Crippen LogP contribution is -1.98. The molecule has 0 aromatic carbocycles. The number of hydrogen-bond donors (Lipinski definition) is 0. The second-order valence-corrected chi connectivity index (χ2v) is 3.40. The zero-order chi connectivity index (χ0) is 7.45. The summed E-state index contributed by atoms with van der Waals surface area (Å²) in [5, 5.41) is 0. The van der Waals surface area contributed by atoms with Crippen molar-refractivity contribution < 1.29 is 0 Å². The molecule has 0 heterocycles. The highest BCUT2D eigenvalue weighted by atomic mass is 14.7. The van der Waals surface area contributed by atoms with E-state index >= 15 is 0 Å². The fraction of sp³-hybridized carbons (Fsp3) is 0.889. The van der Waals surface area contributed by atoms with Crippen LogP contribution in [-0.2, 0) is 0 Å². The summed E-state index contributed by atoms with van der Waals surface area (Å²) in [7, 11) is 0. The topological polar surface area (TPSA) is 12.4 Å². The van der Waals surface area contributed by atoms with E-state index in [1.54, 1.807) is 0 Å². The molecule has 1 rings (SSSR count). The molecule has 1 aliphatic rings. The third kappa shape index (κ3) is 1.83. The van der Waals surface area contributed by atoms with Gasteiger partial charge >= 0.3 is 0 Å². The van der Waals surface area contributed by atoms with Gasteiger partial charge in [0.05, 0.1) is 0 Å². The Morgan fingerprint density at radius 2 is 2.20 bits per heavy atom. The average molecular weight is 139 g/mol. The van der Waals surface area contributed by atoms with E-state index < -0.39 is 0 Å². The molecule has 0 aromatic rings.